The second-order valence-electron chi connectivity index (χ2n) is 6.45. The highest BCUT2D eigenvalue weighted by Crippen LogP contribution is 2.20. The fourth-order valence-corrected chi connectivity index (χ4v) is 2.60. The molecule has 0 aliphatic rings. The van der Waals surface area contributed by atoms with Crippen molar-refractivity contribution in [3.05, 3.63) is 89.5 Å². The van der Waals surface area contributed by atoms with E-state index < -0.39 is 11.9 Å². The minimum Gasteiger partial charge on any atom is -0.452 e. The van der Waals surface area contributed by atoms with Gasteiger partial charge in [-0.05, 0) is 67.4 Å². The molecule has 6 heteroatoms. The molecule has 3 aromatic rings. The second-order valence-corrected chi connectivity index (χ2v) is 6.45. The molecule has 0 atom stereocenters. The highest BCUT2D eigenvalue weighted by atomic mass is 16.5. The molecule has 0 fully saturated rings. The minimum absolute atomic E-state index is 0.359. The van der Waals surface area contributed by atoms with Crippen molar-refractivity contribution in [1.82, 2.24) is 0 Å². The average molecular weight is 387 g/mol. The monoisotopic (exact) mass is 387 g/mol. The highest BCUT2D eigenvalue weighted by Gasteiger charge is 2.13. The van der Waals surface area contributed by atoms with Crippen molar-refractivity contribution in [2.45, 2.75) is 13.8 Å². The first-order chi connectivity index (χ1) is 14.0. The summed E-state index contributed by atoms with van der Waals surface area (Å²) in [6.45, 7) is 3.41. The molecule has 146 valence electrons. The molecule has 0 aliphatic heterocycles. The van der Waals surface area contributed by atoms with Crippen LogP contribution in [0.25, 0.3) is 0 Å². The maximum absolute atomic E-state index is 12.2. The van der Waals surface area contributed by atoms with E-state index in [4.69, 9.17) is 4.74 Å². The lowest BCUT2D eigenvalue weighted by molar-refractivity contribution is -0.119. The van der Waals surface area contributed by atoms with Gasteiger partial charge in [-0.2, -0.15) is 10.2 Å². The van der Waals surface area contributed by atoms with Crippen LogP contribution in [0.4, 0.5) is 17.1 Å². The summed E-state index contributed by atoms with van der Waals surface area (Å²) in [4.78, 5) is 24.2. The van der Waals surface area contributed by atoms with Gasteiger partial charge in [0, 0.05) is 5.69 Å². The summed E-state index contributed by atoms with van der Waals surface area (Å²) in [6, 6.07) is 21.7. The molecule has 0 bridgehead atoms. The van der Waals surface area contributed by atoms with Crippen molar-refractivity contribution in [2.24, 2.45) is 10.2 Å². The van der Waals surface area contributed by atoms with Crippen LogP contribution >= 0.6 is 0 Å². The zero-order valence-electron chi connectivity index (χ0n) is 16.3. The van der Waals surface area contributed by atoms with E-state index in [9.17, 15) is 9.59 Å². The zero-order chi connectivity index (χ0) is 20.6. The first kappa shape index (κ1) is 19.9. The van der Waals surface area contributed by atoms with Crippen LogP contribution in [0.3, 0.4) is 0 Å². The standard InChI is InChI=1S/C23H21N3O3/c1-16-7-6-10-21(17(16)2)23(28)29-15-22(27)24-18-11-13-20(14-12-18)26-25-19-8-4-3-5-9-19/h3-14H,15H2,1-2H3,(H,24,27). The number of carbonyl (C=O) groups is 2. The van der Waals surface area contributed by atoms with Gasteiger partial charge in [-0.25, -0.2) is 4.79 Å². The van der Waals surface area contributed by atoms with Crippen LogP contribution in [0.15, 0.2) is 83.0 Å². The topological polar surface area (TPSA) is 80.1 Å². The largest absolute Gasteiger partial charge is 0.452 e. The number of nitrogens with zero attached hydrogens (tertiary/aromatic N) is 2. The SMILES string of the molecule is Cc1cccc(C(=O)OCC(=O)Nc2ccc(N=Nc3ccccc3)cc2)c1C. The Hall–Kier alpha value is -3.80. The summed E-state index contributed by atoms with van der Waals surface area (Å²) in [7, 11) is 0. The maximum Gasteiger partial charge on any atom is 0.338 e. The third kappa shape index (κ3) is 5.59. The molecular formula is C23H21N3O3. The third-order valence-corrected chi connectivity index (χ3v) is 4.35. The fourth-order valence-electron chi connectivity index (χ4n) is 2.60. The number of esters is 1. The smallest absolute Gasteiger partial charge is 0.338 e. The Morgan fingerprint density at radius 3 is 2.17 bits per heavy atom. The Morgan fingerprint density at radius 1 is 0.828 bits per heavy atom. The van der Waals surface area contributed by atoms with Crippen molar-refractivity contribution < 1.29 is 14.3 Å². The molecule has 3 rings (SSSR count). The summed E-state index contributed by atoms with van der Waals surface area (Å²) >= 11 is 0. The zero-order valence-corrected chi connectivity index (χ0v) is 16.3. The summed E-state index contributed by atoms with van der Waals surface area (Å²) in [5.74, 6) is -0.930. The molecule has 0 heterocycles. The Labute approximate surface area is 169 Å². The fraction of sp³-hybridized carbons (Fsp3) is 0.130. The molecule has 0 saturated carbocycles. The number of nitrogens with one attached hydrogen (secondary N) is 1. The number of benzene rings is 3. The molecule has 29 heavy (non-hydrogen) atoms. The molecule has 1 amide bonds. The van der Waals surface area contributed by atoms with Gasteiger partial charge in [0.15, 0.2) is 6.61 Å². The highest BCUT2D eigenvalue weighted by molar-refractivity contribution is 5.96. The van der Waals surface area contributed by atoms with Crippen molar-refractivity contribution >= 4 is 28.9 Å². The van der Waals surface area contributed by atoms with Crippen molar-refractivity contribution in [1.29, 1.82) is 0 Å². The van der Waals surface area contributed by atoms with E-state index in [2.05, 4.69) is 15.5 Å². The van der Waals surface area contributed by atoms with Gasteiger partial charge in [-0.1, -0.05) is 30.3 Å². The molecule has 0 saturated heterocycles. The van der Waals surface area contributed by atoms with Gasteiger partial charge in [0.05, 0.1) is 16.9 Å². The number of rotatable bonds is 6. The molecule has 6 nitrogen and oxygen atoms in total. The number of amides is 1. The maximum atomic E-state index is 12.2. The Kier molecular flexibility index (Phi) is 6.47. The van der Waals surface area contributed by atoms with Crippen LogP contribution in [0.5, 0.6) is 0 Å². The predicted octanol–water partition coefficient (Wildman–Crippen LogP) is 5.51. The van der Waals surface area contributed by atoms with E-state index in [-0.39, 0.29) is 6.61 Å². The van der Waals surface area contributed by atoms with E-state index in [0.29, 0.717) is 16.9 Å². The molecule has 0 unspecified atom stereocenters. The van der Waals surface area contributed by atoms with Crippen LogP contribution in [0, 0.1) is 13.8 Å². The lowest BCUT2D eigenvalue weighted by Crippen LogP contribution is -2.21. The molecule has 0 aliphatic carbocycles. The summed E-state index contributed by atoms with van der Waals surface area (Å²) in [6.07, 6.45) is 0. The van der Waals surface area contributed by atoms with Crippen LogP contribution in [-0.2, 0) is 9.53 Å². The lowest BCUT2D eigenvalue weighted by Gasteiger charge is -2.09. The number of anilines is 1. The first-order valence-electron chi connectivity index (χ1n) is 9.13. The number of azo groups is 1. The number of ether oxygens (including phenoxy) is 1. The summed E-state index contributed by atoms with van der Waals surface area (Å²) < 4.78 is 5.12. The van der Waals surface area contributed by atoms with Gasteiger partial charge in [-0.3, -0.25) is 4.79 Å². The van der Waals surface area contributed by atoms with Gasteiger partial charge in [0.25, 0.3) is 5.91 Å². The number of hydrogen-bond donors (Lipinski definition) is 1. The summed E-state index contributed by atoms with van der Waals surface area (Å²) in [5.41, 5.74) is 4.30. The number of carbonyl (C=O) groups excluding carboxylic acids is 2. The normalized spacial score (nSPS) is 10.7. The van der Waals surface area contributed by atoms with E-state index >= 15 is 0 Å². The number of aryl methyl sites for hydroxylation is 1. The van der Waals surface area contributed by atoms with E-state index in [1.54, 1.807) is 36.4 Å². The van der Waals surface area contributed by atoms with Gasteiger partial charge >= 0.3 is 5.97 Å². The average Bonchev–Trinajstić information content (AvgIpc) is 2.74. The van der Waals surface area contributed by atoms with Crippen LogP contribution in [0.2, 0.25) is 0 Å². The first-order valence-corrected chi connectivity index (χ1v) is 9.13. The van der Waals surface area contributed by atoms with E-state index in [1.807, 2.05) is 50.2 Å². The van der Waals surface area contributed by atoms with E-state index in [1.165, 1.54) is 0 Å². The summed E-state index contributed by atoms with van der Waals surface area (Å²) in [5, 5.41) is 11.0. The molecule has 1 N–H and O–H groups in total. The second kappa shape index (κ2) is 9.41. The predicted molar refractivity (Wildman–Crippen MR) is 112 cm³/mol. The van der Waals surface area contributed by atoms with Crippen LogP contribution in [-0.4, -0.2) is 18.5 Å². The number of hydrogen-bond acceptors (Lipinski definition) is 5. The van der Waals surface area contributed by atoms with Gasteiger partial charge in [0.2, 0.25) is 0 Å². The van der Waals surface area contributed by atoms with Crippen molar-refractivity contribution in [3.8, 4) is 0 Å². The van der Waals surface area contributed by atoms with Crippen molar-refractivity contribution in [3.63, 3.8) is 0 Å². The molecule has 3 aromatic carbocycles. The van der Waals surface area contributed by atoms with Crippen LogP contribution in [0.1, 0.15) is 21.5 Å². The third-order valence-electron chi connectivity index (χ3n) is 4.35. The Morgan fingerprint density at radius 2 is 1.48 bits per heavy atom. The van der Waals surface area contributed by atoms with Crippen LogP contribution < -0.4 is 5.32 Å². The van der Waals surface area contributed by atoms with E-state index in [0.717, 1.165) is 16.8 Å². The van der Waals surface area contributed by atoms with Gasteiger partial charge in [0.1, 0.15) is 0 Å². The quantitative estimate of drug-likeness (QED) is 0.447. The lowest BCUT2D eigenvalue weighted by atomic mass is 10.0. The van der Waals surface area contributed by atoms with Crippen molar-refractivity contribution in [2.75, 3.05) is 11.9 Å². The minimum atomic E-state index is -0.516. The Balaban J connectivity index is 1.52. The van der Waals surface area contributed by atoms with Gasteiger partial charge < -0.3 is 10.1 Å². The Bertz CT molecular complexity index is 1030. The molecule has 0 aromatic heterocycles. The molecular weight excluding hydrogens is 366 g/mol. The van der Waals surface area contributed by atoms with Gasteiger partial charge in [-0.15, -0.1) is 0 Å². The molecule has 0 radical (unpaired) electrons. The molecule has 0 spiro atoms.